The smallest absolute Gasteiger partial charge is 0.226 e. The number of nitrogens with zero attached hydrogens (tertiary/aromatic N) is 4. The van der Waals surface area contributed by atoms with Crippen LogP contribution in [0.15, 0.2) is 18.2 Å². The predicted octanol–water partition coefficient (Wildman–Crippen LogP) is 2.07. The first-order chi connectivity index (χ1) is 13.2. The van der Waals surface area contributed by atoms with Gasteiger partial charge in [-0.3, -0.25) is 4.79 Å². The highest BCUT2D eigenvalue weighted by Gasteiger charge is 2.28. The summed E-state index contributed by atoms with van der Waals surface area (Å²) in [5.41, 5.74) is 2.09. The zero-order valence-electron chi connectivity index (χ0n) is 16.5. The number of nitrogens with one attached hydrogen (secondary N) is 1. The van der Waals surface area contributed by atoms with E-state index in [0.29, 0.717) is 12.3 Å². The first-order valence-electron chi connectivity index (χ1n) is 9.69. The van der Waals surface area contributed by atoms with Crippen LogP contribution >= 0.6 is 12.4 Å². The predicted molar refractivity (Wildman–Crippen MR) is 109 cm³/mol. The van der Waals surface area contributed by atoms with Gasteiger partial charge < -0.3 is 19.5 Å². The molecule has 0 radical (unpaired) electrons. The van der Waals surface area contributed by atoms with Crippen LogP contribution in [0.2, 0.25) is 0 Å². The first kappa shape index (κ1) is 20.6. The molecule has 0 atom stereocenters. The number of amides is 1. The van der Waals surface area contributed by atoms with Crippen LogP contribution in [-0.2, 0) is 24.3 Å². The summed E-state index contributed by atoms with van der Waals surface area (Å²) >= 11 is 0. The van der Waals surface area contributed by atoms with Gasteiger partial charge in [0.2, 0.25) is 5.91 Å². The molecule has 1 N–H and O–H groups in total. The van der Waals surface area contributed by atoms with Crippen molar-refractivity contribution in [1.29, 1.82) is 0 Å². The Hall–Kier alpha value is -2.12. The molecular formula is C20H28ClN5O2. The van der Waals surface area contributed by atoms with Gasteiger partial charge in [0.15, 0.2) is 0 Å². The van der Waals surface area contributed by atoms with Crippen LogP contribution in [0, 0.1) is 6.92 Å². The highest BCUT2D eigenvalue weighted by molar-refractivity contribution is 5.85. The van der Waals surface area contributed by atoms with Crippen molar-refractivity contribution in [2.45, 2.75) is 45.2 Å². The second kappa shape index (κ2) is 8.92. The van der Waals surface area contributed by atoms with E-state index in [1.54, 1.807) is 7.11 Å². The lowest BCUT2D eigenvalue weighted by Gasteiger charge is -2.32. The Labute approximate surface area is 171 Å². The van der Waals surface area contributed by atoms with Crippen LogP contribution in [0.3, 0.4) is 0 Å². The van der Waals surface area contributed by atoms with Crippen LogP contribution in [0.5, 0.6) is 5.75 Å². The lowest BCUT2D eigenvalue weighted by atomic mass is 9.95. The molecule has 2 aliphatic rings. The summed E-state index contributed by atoms with van der Waals surface area (Å²) in [5.74, 6) is 3.55. The molecule has 7 nitrogen and oxygen atoms in total. The van der Waals surface area contributed by atoms with Crippen molar-refractivity contribution in [1.82, 2.24) is 25.0 Å². The molecule has 2 aliphatic heterocycles. The third kappa shape index (κ3) is 4.15. The lowest BCUT2D eigenvalue weighted by molar-refractivity contribution is -0.131. The largest absolute Gasteiger partial charge is 0.496 e. The summed E-state index contributed by atoms with van der Waals surface area (Å²) in [6.07, 6.45) is 2.33. The maximum absolute atomic E-state index is 12.7. The van der Waals surface area contributed by atoms with E-state index in [2.05, 4.69) is 20.1 Å². The van der Waals surface area contributed by atoms with Gasteiger partial charge in [0.25, 0.3) is 0 Å². The fourth-order valence-corrected chi connectivity index (χ4v) is 4.06. The van der Waals surface area contributed by atoms with E-state index >= 15 is 0 Å². The minimum absolute atomic E-state index is 0. The molecule has 0 unspecified atom stereocenters. The zero-order valence-corrected chi connectivity index (χ0v) is 17.3. The van der Waals surface area contributed by atoms with Crippen molar-refractivity contribution in [3.63, 3.8) is 0 Å². The molecule has 0 aliphatic carbocycles. The number of aryl methyl sites for hydroxylation is 1. The zero-order chi connectivity index (χ0) is 18.8. The minimum atomic E-state index is 0. The quantitative estimate of drug-likeness (QED) is 0.843. The van der Waals surface area contributed by atoms with Gasteiger partial charge in [-0.15, -0.1) is 22.6 Å². The summed E-state index contributed by atoms with van der Waals surface area (Å²) < 4.78 is 7.63. The summed E-state index contributed by atoms with van der Waals surface area (Å²) in [4.78, 5) is 14.7. The van der Waals surface area contributed by atoms with Crippen LogP contribution in [0.25, 0.3) is 0 Å². The maximum Gasteiger partial charge on any atom is 0.226 e. The maximum atomic E-state index is 12.7. The summed E-state index contributed by atoms with van der Waals surface area (Å²) in [6.45, 7) is 6.28. The molecule has 1 aromatic carbocycles. The number of rotatable bonds is 4. The Morgan fingerprint density at radius 2 is 2.04 bits per heavy atom. The molecule has 0 saturated carbocycles. The number of methoxy groups -OCH3 is 1. The van der Waals surface area contributed by atoms with Crippen LogP contribution in [0.1, 0.15) is 41.5 Å². The van der Waals surface area contributed by atoms with Crippen molar-refractivity contribution in [2.24, 2.45) is 0 Å². The number of piperidine rings is 1. The summed E-state index contributed by atoms with van der Waals surface area (Å²) in [7, 11) is 1.66. The molecule has 1 amide bonds. The van der Waals surface area contributed by atoms with Gasteiger partial charge in [0.05, 0.1) is 20.1 Å². The molecule has 0 bridgehead atoms. The number of benzene rings is 1. The SMILES string of the molecule is COc1cc(CC(=O)N2CCC(c3nnc4n3CCNC4)CC2)ccc1C.Cl. The van der Waals surface area contributed by atoms with Gasteiger partial charge in [-0.1, -0.05) is 12.1 Å². The number of fused-ring (bicyclic) bond motifs is 1. The van der Waals surface area contributed by atoms with Crippen molar-refractivity contribution in [3.05, 3.63) is 41.0 Å². The van der Waals surface area contributed by atoms with Crippen LogP contribution in [-0.4, -0.2) is 52.3 Å². The minimum Gasteiger partial charge on any atom is -0.496 e. The molecule has 4 rings (SSSR count). The molecule has 3 heterocycles. The van der Waals surface area contributed by atoms with Gasteiger partial charge in [0, 0.05) is 32.1 Å². The Morgan fingerprint density at radius 1 is 1.25 bits per heavy atom. The molecule has 28 heavy (non-hydrogen) atoms. The highest BCUT2D eigenvalue weighted by Crippen LogP contribution is 2.28. The fraction of sp³-hybridized carbons (Fsp3) is 0.550. The third-order valence-corrected chi connectivity index (χ3v) is 5.69. The summed E-state index contributed by atoms with van der Waals surface area (Å²) in [6, 6.07) is 5.99. The van der Waals surface area contributed by atoms with E-state index in [0.717, 1.165) is 74.1 Å². The standard InChI is InChI=1S/C20H27N5O2.ClH/c1-14-3-4-15(11-17(14)27-2)12-19(26)24-8-5-16(6-9-24)20-23-22-18-13-21-7-10-25(18)20;/h3-4,11,16,21H,5-10,12-13H2,1-2H3;1H. The fourth-order valence-electron chi connectivity index (χ4n) is 4.06. The number of likely N-dealkylation sites (tertiary alicyclic amines) is 1. The Balaban J connectivity index is 0.00000225. The summed E-state index contributed by atoms with van der Waals surface area (Å²) in [5, 5.41) is 12.1. The second-order valence-corrected chi connectivity index (χ2v) is 7.44. The van der Waals surface area contributed by atoms with Crippen molar-refractivity contribution >= 4 is 18.3 Å². The van der Waals surface area contributed by atoms with Gasteiger partial charge in [-0.25, -0.2) is 0 Å². The number of carbonyl (C=O) groups excluding carboxylic acids is 1. The molecule has 2 aromatic rings. The average Bonchev–Trinajstić information content (AvgIpc) is 3.13. The molecule has 8 heteroatoms. The number of hydrogen-bond acceptors (Lipinski definition) is 5. The van der Waals surface area contributed by atoms with E-state index in [4.69, 9.17) is 4.74 Å². The van der Waals surface area contributed by atoms with Gasteiger partial charge in [0.1, 0.15) is 17.4 Å². The van der Waals surface area contributed by atoms with E-state index in [-0.39, 0.29) is 18.3 Å². The highest BCUT2D eigenvalue weighted by atomic mass is 35.5. The lowest BCUT2D eigenvalue weighted by Crippen LogP contribution is -2.39. The average molecular weight is 406 g/mol. The van der Waals surface area contributed by atoms with Crippen LogP contribution in [0.4, 0.5) is 0 Å². The van der Waals surface area contributed by atoms with E-state index in [9.17, 15) is 4.79 Å². The molecular weight excluding hydrogens is 378 g/mol. The monoisotopic (exact) mass is 405 g/mol. The molecule has 152 valence electrons. The number of halogens is 1. The number of aromatic nitrogens is 3. The van der Waals surface area contributed by atoms with Crippen molar-refractivity contribution in [3.8, 4) is 5.75 Å². The second-order valence-electron chi connectivity index (χ2n) is 7.44. The molecule has 0 spiro atoms. The normalized spacial score (nSPS) is 17.0. The van der Waals surface area contributed by atoms with Gasteiger partial charge >= 0.3 is 0 Å². The van der Waals surface area contributed by atoms with E-state index < -0.39 is 0 Å². The van der Waals surface area contributed by atoms with Crippen LogP contribution < -0.4 is 10.1 Å². The topological polar surface area (TPSA) is 72.3 Å². The number of carbonyl (C=O) groups is 1. The third-order valence-electron chi connectivity index (χ3n) is 5.69. The Kier molecular flexibility index (Phi) is 6.57. The van der Waals surface area contributed by atoms with E-state index in [1.807, 2.05) is 30.0 Å². The molecule has 1 saturated heterocycles. The van der Waals surface area contributed by atoms with E-state index in [1.165, 1.54) is 0 Å². The number of ether oxygens (including phenoxy) is 1. The Bertz CT molecular complexity index is 830. The first-order valence-corrected chi connectivity index (χ1v) is 9.69. The van der Waals surface area contributed by atoms with Gasteiger partial charge in [-0.2, -0.15) is 0 Å². The van der Waals surface area contributed by atoms with Crippen molar-refractivity contribution < 1.29 is 9.53 Å². The van der Waals surface area contributed by atoms with Gasteiger partial charge in [-0.05, 0) is 37.0 Å². The molecule has 1 aromatic heterocycles. The number of hydrogen-bond donors (Lipinski definition) is 1. The molecule has 1 fully saturated rings. The van der Waals surface area contributed by atoms with Crippen molar-refractivity contribution in [2.75, 3.05) is 26.7 Å². The Morgan fingerprint density at radius 3 is 2.79 bits per heavy atom.